The van der Waals surface area contributed by atoms with Gasteiger partial charge in [0.05, 0.1) is 24.8 Å². The molecule has 3 rings (SSSR count). The van der Waals surface area contributed by atoms with Crippen molar-refractivity contribution in [2.24, 2.45) is 0 Å². The summed E-state index contributed by atoms with van der Waals surface area (Å²) in [5.74, 6) is 0.0253. The van der Waals surface area contributed by atoms with Crippen LogP contribution in [0.15, 0.2) is 18.3 Å². The zero-order chi connectivity index (χ0) is 24.9. The van der Waals surface area contributed by atoms with Crippen LogP contribution in [-0.2, 0) is 19.5 Å². The number of pyridine rings is 2. The van der Waals surface area contributed by atoms with Crippen molar-refractivity contribution in [2.45, 2.75) is 31.3 Å². The highest BCUT2D eigenvalue weighted by molar-refractivity contribution is 6.30. The normalized spacial score (nSPS) is 14.1. The van der Waals surface area contributed by atoms with Crippen molar-refractivity contribution in [2.75, 3.05) is 31.6 Å². The lowest BCUT2D eigenvalue weighted by molar-refractivity contribution is -0.270. The summed E-state index contributed by atoms with van der Waals surface area (Å²) >= 11 is 6.13. The Morgan fingerprint density at radius 3 is 2.50 bits per heavy atom. The van der Waals surface area contributed by atoms with Crippen LogP contribution in [0, 0.1) is 22.7 Å². The molecule has 0 fully saturated rings. The molecule has 0 bridgehead atoms. The number of fused-ring (bicyclic) bond motifs is 1. The van der Waals surface area contributed by atoms with Gasteiger partial charge in [-0.1, -0.05) is 17.7 Å². The van der Waals surface area contributed by atoms with Gasteiger partial charge in [-0.3, -0.25) is 4.90 Å². The summed E-state index contributed by atoms with van der Waals surface area (Å²) in [5.41, 5.74) is -0.676. The summed E-state index contributed by atoms with van der Waals surface area (Å²) in [6, 6.07) is 6.80. The van der Waals surface area contributed by atoms with Crippen molar-refractivity contribution < 1.29 is 28.1 Å². The van der Waals surface area contributed by atoms with Gasteiger partial charge in [0.25, 0.3) is 5.60 Å². The van der Waals surface area contributed by atoms with E-state index in [9.17, 15) is 18.4 Å². The maximum Gasteiger partial charge on any atom is 0.432 e. The number of rotatable bonds is 8. The van der Waals surface area contributed by atoms with Gasteiger partial charge in [-0.2, -0.15) is 23.7 Å². The molecule has 0 aromatic carbocycles. The number of halogens is 4. The third kappa shape index (κ3) is 5.16. The fourth-order valence-electron chi connectivity index (χ4n) is 3.55. The molecule has 0 spiro atoms. The minimum Gasteiger partial charge on any atom is -0.456 e. The average molecular weight is 497 g/mol. The Morgan fingerprint density at radius 2 is 1.94 bits per heavy atom. The maximum atomic E-state index is 13.2. The van der Waals surface area contributed by atoms with Crippen LogP contribution < -0.4 is 10.1 Å². The van der Waals surface area contributed by atoms with Gasteiger partial charge in [0, 0.05) is 37.5 Å². The highest BCUT2D eigenvalue weighted by Crippen LogP contribution is 2.34. The molecule has 9 nitrogen and oxygen atoms in total. The van der Waals surface area contributed by atoms with Gasteiger partial charge in [-0.05, 0) is 17.5 Å². The lowest BCUT2D eigenvalue weighted by Gasteiger charge is -2.32. The standard InChI is InChI=1S/C21H20ClF3N6O3/c22-18-15(7-27)14-3-6-31(10-16(14)19(30-18)28-5-4-26)9-13-1-2-17(29-8-13)34-20(11-32,12-33)21(23,24)25/h1-2,8,32-33H,3,5-6,9-12H2,(H,28,30). The first-order valence-electron chi connectivity index (χ1n) is 10.0. The van der Waals surface area contributed by atoms with E-state index in [1.807, 2.05) is 11.0 Å². The Kier molecular flexibility index (Phi) is 7.79. The first-order valence-corrected chi connectivity index (χ1v) is 10.4. The molecule has 3 N–H and O–H groups in total. The number of alkyl halides is 3. The van der Waals surface area contributed by atoms with E-state index < -0.39 is 30.9 Å². The highest BCUT2D eigenvalue weighted by Gasteiger charge is 2.57. The van der Waals surface area contributed by atoms with E-state index >= 15 is 0 Å². The van der Waals surface area contributed by atoms with E-state index in [4.69, 9.17) is 31.8 Å². The van der Waals surface area contributed by atoms with Crippen LogP contribution in [-0.4, -0.2) is 63.2 Å². The summed E-state index contributed by atoms with van der Waals surface area (Å²) in [7, 11) is 0. The van der Waals surface area contributed by atoms with E-state index in [-0.39, 0.29) is 11.7 Å². The number of nitriles is 2. The van der Waals surface area contributed by atoms with E-state index in [2.05, 4.69) is 21.4 Å². The maximum absolute atomic E-state index is 13.2. The molecule has 0 atom stereocenters. The molecule has 0 amide bonds. The summed E-state index contributed by atoms with van der Waals surface area (Å²) in [6.07, 6.45) is -3.15. The van der Waals surface area contributed by atoms with Crippen molar-refractivity contribution in [1.29, 1.82) is 10.5 Å². The molecule has 0 unspecified atom stereocenters. The highest BCUT2D eigenvalue weighted by atomic mass is 35.5. The number of hydrogen-bond acceptors (Lipinski definition) is 9. The van der Waals surface area contributed by atoms with Gasteiger partial charge in [-0.15, -0.1) is 0 Å². The van der Waals surface area contributed by atoms with Gasteiger partial charge in [0.2, 0.25) is 5.88 Å². The number of anilines is 1. The minimum absolute atomic E-state index is 0.00808. The van der Waals surface area contributed by atoms with Crippen molar-refractivity contribution in [3.8, 4) is 18.0 Å². The molecular weight excluding hydrogens is 477 g/mol. The van der Waals surface area contributed by atoms with Gasteiger partial charge in [-0.25, -0.2) is 9.97 Å². The molecule has 2 aromatic rings. The second-order valence-electron chi connectivity index (χ2n) is 7.58. The van der Waals surface area contributed by atoms with Gasteiger partial charge >= 0.3 is 6.18 Å². The molecule has 1 aliphatic heterocycles. The average Bonchev–Trinajstić information content (AvgIpc) is 2.81. The number of nitrogens with zero attached hydrogens (tertiary/aromatic N) is 5. The van der Waals surface area contributed by atoms with E-state index in [0.717, 1.165) is 11.1 Å². The van der Waals surface area contributed by atoms with Gasteiger partial charge in [0.1, 0.15) is 23.6 Å². The van der Waals surface area contributed by atoms with Crippen molar-refractivity contribution in [3.05, 3.63) is 45.7 Å². The first kappa shape index (κ1) is 25.5. The van der Waals surface area contributed by atoms with Crippen molar-refractivity contribution in [3.63, 3.8) is 0 Å². The largest absolute Gasteiger partial charge is 0.456 e. The van der Waals surface area contributed by atoms with Gasteiger partial charge < -0.3 is 20.3 Å². The molecule has 34 heavy (non-hydrogen) atoms. The van der Waals surface area contributed by atoms with Crippen LogP contribution in [0.3, 0.4) is 0 Å². The van der Waals surface area contributed by atoms with Crippen LogP contribution in [0.4, 0.5) is 19.0 Å². The smallest absolute Gasteiger partial charge is 0.432 e. The number of ether oxygens (including phenoxy) is 1. The number of aliphatic hydroxyl groups excluding tert-OH is 2. The number of aromatic nitrogens is 2. The Bertz CT molecular complexity index is 1110. The van der Waals surface area contributed by atoms with Crippen LogP contribution in [0.25, 0.3) is 0 Å². The second-order valence-corrected chi connectivity index (χ2v) is 7.94. The Morgan fingerprint density at radius 1 is 1.21 bits per heavy atom. The van der Waals surface area contributed by atoms with E-state index in [1.165, 1.54) is 18.3 Å². The number of hydrogen-bond donors (Lipinski definition) is 3. The molecule has 0 saturated carbocycles. The molecule has 1 aliphatic rings. The second kappa shape index (κ2) is 10.4. The third-order valence-electron chi connectivity index (χ3n) is 5.41. The molecule has 180 valence electrons. The first-order chi connectivity index (χ1) is 16.2. The molecule has 3 heterocycles. The predicted molar refractivity (Wildman–Crippen MR) is 114 cm³/mol. The van der Waals surface area contributed by atoms with Crippen LogP contribution in [0.5, 0.6) is 5.88 Å². The molecule has 0 radical (unpaired) electrons. The summed E-state index contributed by atoms with van der Waals surface area (Å²) in [6.45, 7) is -1.56. The molecular formula is C21H20ClF3N6O3. The molecule has 0 saturated heterocycles. The zero-order valence-corrected chi connectivity index (χ0v) is 18.5. The van der Waals surface area contributed by atoms with E-state index in [0.29, 0.717) is 43.0 Å². The fourth-order valence-corrected chi connectivity index (χ4v) is 3.79. The lowest BCUT2D eigenvalue weighted by Crippen LogP contribution is -2.56. The third-order valence-corrected chi connectivity index (χ3v) is 5.68. The summed E-state index contributed by atoms with van der Waals surface area (Å²) in [4.78, 5) is 10.1. The number of aliphatic hydroxyl groups is 2. The van der Waals surface area contributed by atoms with Crippen molar-refractivity contribution in [1.82, 2.24) is 14.9 Å². The van der Waals surface area contributed by atoms with Crippen molar-refractivity contribution >= 4 is 17.4 Å². The predicted octanol–water partition coefficient (Wildman–Crippen LogP) is 2.16. The monoisotopic (exact) mass is 496 g/mol. The number of nitrogens with one attached hydrogen (secondary N) is 1. The minimum atomic E-state index is -5.01. The van der Waals surface area contributed by atoms with Crippen LogP contribution in [0.2, 0.25) is 5.15 Å². The van der Waals surface area contributed by atoms with Gasteiger partial charge in [0.15, 0.2) is 0 Å². The summed E-state index contributed by atoms with van der Waals surface area (Å²) < 4.78 is 44.5. The summed E-state index contributed by atoms with van der Waals surface area (Å²) in [5, 5.41) is 39.6. The SMILES string of the molecule is N#CCNc1nc(Cl)c(C#N)c2c1CN(Cc1ccc(OC(CO)(CO)C(F)(F)F)nc1)CC2. The topological polar surface area (TPSA) is 138 Å². The molecule has 2 aromatic heterocycles. The quantitative estimate of drug-likeness (QED) is 0.370. The zero-order valence-electron chi connectivity index (χ0n) is 17.7. The Labute approximate surface area is 198 Å². The Balaban J connectivity index is 1.77. The lowest BCUT2D eigenvalue weighted by atomic mass is 9.96. The fraction of sp³-hybridized carbons (Fsp3) is 0.429. The van der Waals surface area contributed by atoms with Crippen LogP contribution >= 0.6 is 11.6 Å². The molecule has 0 aliphatic carbocycles. The van der Waals surface area contributed by atoms with E-state index in [1.54, 1.807) is 0 Å². The molecule has 13 heteroatoms. The van der Waals surface area contributed by atoms with Crippen LogP contribution in [0.1, 0.15) is 22.3 Å². The Hall–Kier alpha value is -3.16.